The first kappa shape index (κ1) is 15.5. The van der Waals surface area contributed by atoms with Gasteiger partial charge in [0.1, 0.15) is 6.61 Å². The zero-order valence-corrected chi connectivity index (χ0v) is 11.5. The molecule has 0 aliphatic rings. The maximum Gasteiger partial charge on any atom is 0.311 e. The molecule has 0 unspecified atom stereocenters. The summed E-state index contributed by atoms with van der Waals surface area (Å²) in [5.41, 5.74) is 2.15. The van der Waals surface area contributed by atoms with E-state index in [1.165, 1.54) is 11.6 Å². The molecule has 104 valence electrons. The van der Waals surface area contributed by atoms with E-state index < -0.39 is 4.92 Å². The lowest BCUT2D eigenvalue weighted by molar-refractivity contribution is -0.385. The molecule has 1 aromatic rings. The van der Waals surface area contributed by atoms with Crippen LogP contribution in [0.3, 0.4) is 0 Å². The van der Waals surface area contributed by atoms with E-state index in [9.17, 15) is 10.1 Å². The minimum absolute atomic E-state index is 0.0289. The molecule has 0 aromatic heterocycles. The zero-order valence-electron chi connectivity index (χ0n) is 10.8. The molecule has 1 N–H and O–H groups in total. The number of ether oxygens (including phenoxy) is 1. The first-order chi connectivity index (χ1) is 9.19. The van der Waals surface area contributed by atoms with Gasteiger partial charge < -0.3 is 10.1 Å². The minimum atomic E-state index is -0.441. The molecule has 5 nitrogen and oxygen atoms in total. The van der Waals surface area contributed by atoms with Crippen LogP contribution in [0.5, 0.6) is 5.75 Å². The molecule has 0 amide bonds. The largest absolute Gasteiger partial charge is 0.483 e. The third-order valence-electron chi connectivity index (χ3n) is 2.40. The normalized spacial score (nSPS) is 10.8. The molecule has 6 heteroatoms. The molecule has 0 aliphatic heterocycles. The van der Waals surface area contributed by atoms with E-state index in [2.05, 4.69) is 12.2 Å². The third-order valence-corrected chi connectivity index (χ3v) is 2.58. The average molecular weight is 285 g/mol. The molecule has 0 radical (unpaired) electrons. The maximum atomic E-state index is 11.0. The lowest BCUT2D eigenvalue weighted by atomic mass is 10.2. The molecule has 0 bridgehead atoms. The summed E-state index contributed by atoms with van der Waals surface area (Å²) >= 11 is 5.36. The van der Waals surface area contributed by atoms with Crippen LogP contribution >= 0.6 is 11.6 Å². The van der Waals surface area contributed by atoms with E-state index in [4.69, 9.17) is 16.3 Å². The van der Waals surface area contributed by atoms with Crippen LogP contribution in [0.2, 0.25) is 0 Å². The molecule has 0 spiro atoms. The second-order valence-electron chi connectivity index (χ2n) is 3.91. The fourth-order valence-corrected chi connectivity index (χ4v) is 1.59. The van der Waals surface area contributed by atoms with Crippen molar-refractivity contribution >= 4 is 17.3 Å². The fourth-order valence-electron chi connectivity index (χ4n) is 1.52. The minimum Gasteiger partial charge on any atom is -0.483 e. The van der Waals surface area contributed by atoms with E-state index in [0.29, 0.717) is 6.54 Å². The Morgan fingerprint density at radius 3 is 2.95 bits per heavy atom. The Morgan fingerprint density at radius 2 is 2.32 bits per heavy atom. The second-order valence-corrected chi connectivity index (χ2v) is 4.16. The van der Waals surface area contributed by atoms with Gasteiger partial charge in [0.15, 0.2) is 5.75 Å². The summed E-state index contributed by atoms with van der Waals surface area (Å²) in [4.78, 5) is 10.6. The SMILES string of the molecule is CCCNCc1ccc(OC/C=C/Cl)c([N+](=O)[O-])c1. The standard InChI is InChI=1S/C13H17ClN2O3/c1-2-7-15-10-11-4-5-13(19-8-3-6-14)12(9-11)16(17)18/h3-6,9,15H,2,7-8,10H2,1H3/b6-3+. The highest BCUT2D eigenvalue weighted by Gasteiger charge is 2.15. The quantitative estimate of drug-likeness (QED) is 0.452. The summed E-state index contributed by atoms with van der Waals surface area (Å²) in [7, 11) is 0. The molecule has 0 aliphatic carbocycles. The summed E-state index contributed by atoms with van der Waals surface area (Å²) in [5.74, 6) is 0.249. The second kappa shape index (κ2) is 8.50. The zero-order chi connectivity index (χ0) is 14.1. The van der Waals surface area contributed by atoms with Crippen molar-refractivity contribution in [2.45, 2.75) is 19.9 Å². The van der Waals surface area contributed by atoms with E-state index in [-0.39, 0.29) is 18.0 Å². The van der Waals surface area contributed by atoms with Crippen LogP contribution in [0.1, 0.15) is 18.9 Å². The molecular weight excluding hydrogens is 268 g/mol. The topological polar surface area (TPSA) is 64.4 Å². The number of nitro groups is 1. The Labute approximate surface area is 117 Å². The van der Waals surface area contributed by atoms with Gasteiger partial charge in [0, 0.05) is 18.1 Å². The van der Waals surface area contributed by atoms with Gasteiger partial charge >= 0.3 is 5.69 Å². The predicted octanol–water partition coefficient (Wildman–Crippen LogP) is 3.23. The third kappa shape index (κ3) is 5.28. The van der Waals surface area contributed by atoms with E-state index in [1.807, 2.05) is 6.07 Å². The lowest BCUT2D eigenvalue weighted by Gasteiger charge is -2.07. The van der Waals surface area contributed by atoms with E-state index >= 15 is 0 Å². The van der Waals surface area contributed by atoms with Gasteiger partial charge in [0.05, 0.1) is 4.92 Å². The van der Waals surface area contributed by atoms with Crippen molar-refractivity contribution in [3.05, 3.63) is 45.5 Å². The predicted molar refractivity (Wildman–Crippen MR) is 75.6 cm³/mol. The molecular formula is C13H17ClN2O3. The van der Waals surface area contributed by atoms with Crippen LogP contribution in [0.25, 0.3) is 0 Å². The van der Waals surface area contributed by atoms with Gasteiger partial charge in [-0.3, -0.25) is 10.1 Å². The fraction of sp³-hybridized carbons (Fsp3) is 0.385. The van der Waals surface area contributed by atoms with Gasteiger partial charge in [-0.05, 0) is 30.7 Å². The van der Waals surface area contributed by atoms with Gasteiger partial charge in [-0.1, -0.05) is 24.6 Å². The Kier molecular flexibility index (Phi) is 6.92. The van der Waals surface area contributed by atoms with Crippen molar-refractivity contribution in [2.75, 3.05) is 13.2 Å². The summed E-state index contributed by atoms with van der Waals surface area (Å²) in [6.07, 6.45) is 2.59. The van der Waals surface area contributed by atoms with Gasteiger partial charge in [-0.2, -0.15) is 0 Å². The van der Waals surface area contributed by atoms with Gasteiger partial charge in [0.25, 0.3) is 0 Å². The lowest BCUT2D eigenvalue weighted by Crippen LogP contribution is -2.13. The molecule has 19 heavy (non-hydrogen) atoms. The van der Waals surface area contributed by atoms with Crippen molar-refractivity contribution in [3.8, 4) is 5.75 Å². The summed E-state index contributed by atoms with van der Waals surface area (Å²) in [6.45, 7) is 3.76. The van der Waals surface area contributed by atoms with Crippen LogP contribution in [0.15, 0.2) is 29.8 Å². The van der Waals surface area contributed by atoms with Crippen LogP contribution in [-0.2, 0) is 6.54 Å². The Balaban J connectivity index is 2.79. The van der Waals surface area contributed by atoms with Crippen LogP contribution < -0.4 is 10.1 Å². The number of nitrogens with zero attached hydrogens (tertiary/aromatic N) is 1. The Hall–Kier alpha value is -1.59. The van der Waals surface area contributed by atoms with Crippen molar-refractivity contribution in [1.29, 1.82) is 0 Å². The summed E-state index contributed by atoms with van der Waals surface area (Å²) < 4.78 is 5.29. The summed E-state index contributed by atoms with van der Waals surface area (Å²) in [6, 6.07) is 4.96. The number of hydrogen-bond acceptors (Lipinski definition) is 4. The van der Waals surface area contributed by atoms with Crippen LogP contribution in [0.4, 0.5) is 5.69 Å². The van der Waals surface area contributed by atoms with Crippen molar-refractivity contribution < 1.29 is 9.66 Å². The molecule has 0 saturated heterocycles. The Bertz CT molecular complexity index is 450. The maximum absolute atomic E-state index is 11.0. The van der Waals surface area contributed by atoms with Gasteiger partial charge in [-0.15, -0.1) is 0 Å². The van der Waals surface area contributed by atoms with Crippen molar-refractivity contribution in [1.82, 2.24) is 5.32 Å². The first-order valence-corrected chi connectivity index (χ1v) is 6.48. The smallest absolute Gasteiger partial charge is 0.311 e. The van der Waals surface area contributed by atoms with Crippen LogP contribution in [-0.4, -0.2) is 18.1 Å². The molecule has 0 saturated carbocycles. The van der Waals surface area contributed by atoms with Gasteiger partial charge in [0.2, 0.25) is 0 Å². The number of halogens is 1. The van der Waals surface area contributed by atoms with Gasteiger partial charge in [-0.25, -0.2) is 0 Å². The van der Waals surface area contributed by atoms with Crippen LogP contribution in [0, 0.1) is 10.1 Å². The van der Waals surface area contributed by atoms with Crippen molar-refractivity contribution in [2.24, 2.45) is 0 Å². The first-order valence-electron chi connectivity index (χ1n) is 6.05. The number of hydrogen-bond donors (Lipinski definition) is 1. The number of nitrogens with one attached hydrogen (secondary N) is 1. The molecule has 0 heterocycles. The monoisotopic (exact) mass is 284 g/mol. The molecule has 1 rings (SSSR count). The number of rotatable bonds is 8. The van der Waals surface area contributed by atoms with E-state index in [1.54, 1.807) is 12.1 Å². The average Bonchev–Trinajstić information content (AvgIpc) is 2.40. The number of nitro benzene ring substituents is 1. The van der Waals surface area contributed by atoms with E-state index in [0.717, 1.165) is 18.5 Å². The molecule has 0 fully saturated rings. The summed E-state index contributed by atoms with van der Waals surface area (Å²) in [5, 5.41) is 14.2. The van der Waals surface area contributed by atoms with Crippen molar-refractivity contribution in [3.63, 3.8) is 0 Å². The highest BCUT2D eigenvalue weighted by molar-refractivity contribution is 6.25. The molecule has 1 aromatic carbocycles. The highest BCUT2D eigenvalue weighted by Crippen LogP contribution is 2.28. The molecule has 0 atom stereocenters. The highest BCUT2D eigenvalue weighted by atomic mass is 35.5. The Morgan fingerprint density at radius 1 is 1.53 bits per heavy atom. The number of benzene rings is 1.